The van der Waals surface area contributed by atoms with Crippen LogP contribution in [-0.2, 0) is 9.05 Å². The van der Waals surface area contributed by atoms with Crippen molar-refractivity contribution in [3.05, 3.63) is 0 Å². The van der Waals surface area contributed by atoms with Crippen LogP contribution in [0.1, 0.15) is 155 Å². The minimum Gasteiger partial charge on any atom is -0.328 e. The number of rotatable bonds is 26. The monoisotopic (exact) mass is 446 g/mol. The first-order valence-corrected chi connectivity index (χ1v) is 14.7. The molecule has 0 aliphatic heterocycles. The molecule has 0 aromatic heterocycles. The Hall–Kier alpha value is 0.310. The molecule has 3 nitrogen and oxygen atoms in total. The van der Waals surface area contributed by atoms with Gasteiger partial charge in [0.1, 0.15) is 0 Å². The van der Waals surface area contributed by atoms with Crippen molar-refractivity contribution < 1.29 is 13.9 Å². The van der Waals surface area contributed by atoms with E-state index in [1.807, 2.05) is 0 Å². The van der Waals surface area contributed by atoms with Crippen molar-refractivity contribution in [1.82, 2.24) is 0 Å². The lowest BCUT2D eigenvalue weighted by atomic mass is 10.1. The molecule has 0 amide bonds. The van der Waals surface area contributed by atoms with Gasteiger partial charge in [-0.15, -0.1) is 0 Å². The molecule has 4 heteroatoms. The van der Waals surface area contributed by atoms with Crippen molar-refractivity contribution in [1.29, 1.82) is 0 Å². The Labute approximate surface area is 191 Å². The molecule has 0 aromatic rings. The van der Waals surface area contributed by atoms with Gasteiger partial charge in [-0.05, 0) is 12.8 Å². The third-order valence-corrected chi connectivity index (χ3v) is 6.71. The summed E-state index contributed by atoms with van der Waals surface area (Å²) in [5.74, 6) is 0. The maximum Gasteiger partial charge on any atom is 0.329 e. The molecule has 0 bridgehead atoms. The van der Waals surface area contributed by atoms with Gasteiger partial charge in [0.15, 0.2) is 0 Å². The zero-order valence-corrected chi connectivity index (χ0v) is 21.6. The van der Waals surface area contributed by atoms with E-state index in [0.29, 0.717) is 13.2 Å². The summed E-state index contributed by atoms with van der Waals surface area (Å²) in [5.41, 5.74) is 0. The van der Waals surface area contributed by atoms with Crippen LogP contribution in [0.2, 0.25) is 0 Å². The Balaban J connectivity index is 3.13. The van der Waals surface area contributed by atoms with Crippen LogP contribution in [0.25, 0.3) is 0 Å². The molecule has 0 unspecified atom stereocenters. The van der Waals surface area contributed by atoms with E-state index in [2.05, 4.69) is 13.8 Å². The summed E-state index contributed by atoms with van der Waals surface area (Å²) in [6.45, 7) is 5.82. The van der Waals surface area contributed by atoms with Gasteiger partial charge in [-0.2, -0.15) is 0 Å². The molecule has 0 saturated heterocycles. The second-order valence-electron chi connectivity index (χ2n) is 8.98. The summed E-state index contributed by atoms with van der Waals surface area (Å²) >= 11 is 0. The van der Waals surface area contributed by atoms with Crippen molar-refractivity contribution in [2.75, 3.05) is 13.2 Å². The second-order valence-corrected chi connectivity index (χ2v) is 9.97. The number of unbranched alkanes of at least 4 members (excludes halogenated alkanes) is 20. The van der Waals surface area contributed by atoms with Crippen molar-refractivity contribution in [2.45, 2.75) is 155 Å². The third kappa shape index (κ3) is 26.3. The average Bonchev–Trinajstić information content (AvgIpc) is 2.75. The molecule has 0 aliphatic carbocycles. The Morgan fingerprint density at radius 1 is 0.400 bits per heavy atom. The largest absolute Gasteiger partial charge is 0.329 e. The van der Waals surface area contributed by atoms with Gasteiger partial charge in [-0.25, -0.2) is 0 Å². The summed E-state index contributed by atoms with van der Waals surface area (Å²) in [7, 11) is -1.66. The molecule has 0 spiro atoms. The molecular formula is C26H55O3P. The van der Waals surface area contributed by atoms with Gasteiger partial charge in [-0.1, -0.05) is 142 Å². The smallest absolute Gasteiger partial charge is 0.328 e. The van der Waals surface area contributed by atoms with E-state index in [9.17, 15) is 4.89 Å². The van der Waals surface area contributed by atoms with Crippen LogP contribution in [0.15, 0.2) is 0 Å². The van der Waals surface area contributed by atoms with Gasteiger partial charge in [0.05, 0.1) is 13.2 Å². The van der Waals surface area contributed by atoms with Gasteiger partial charge >= 0.3 is 8.60 Å². The zero-order valence-electron chi connectivity index (χ0n) is 20.7. The molecule has 0 radical (unpaired) electrons. The lowest BCUT2D eigenvalue weighted by Gasteiger charge is -2.10. The Bertz CT molecular complexity index is 274. The van der Waals surface area contributed by atoms with Crippen LogP contribution in [0.4, 0.5) is 0 Å². The summed E-state index contributed by atoms with van der Waals surface area (Å²) in [6, 6.07) is 0. The van der Waals surface area contributed by atoms with E-state index in [1.165, 1.54) is 128 Å². The third-order valence-electron chi connectivity index (χ3n) is 5.90. The van der Waals surface area contributed by atoms with Crippen molar-refractivity contribution in [3.63, 3.8) is 0 Å². The first-order valence-electron chi connectivity index (χ1n) is 13.6. The molecule has 0 aromatic carbocycles. The van der Waals surface area contributed by atoms with Gasteiger partial charge in [0.25, 0.3) is 0 Å². The van der Waals surface area contributed by atoms with Gasteiger partial charge in [0.2, 0.25) is 0 Å². The lowest BCUT2D eigenvalue weighted by Crippen LogP contribution is -1.95. The van der Waals surface area contributed by atoms with Crippen LogP contribution < -0.4 is 0 Å². The van der Waals surface area contributed by atoms with E-state index in [-0.39, 0.29) is 0 Å². The fourth-order valence-corrected chi connectivity index (χ4v) is 4.50. The molecule has 0 fully saturated rings. The Morgan fingerprint density at radius 3 is 0.900 bits per heavy atom. The molecule has 0 atom stereocenters. The normalized spacial score (nSPS) is 11.6. The topological polar surface area (TPSA) is 38.7 Å². The fraction of sp³-hybridized carbons (Fsp3) is 1.00. The Morgan fingerprint density at radius 2 is 0.633 bits per heavy atom. The Kier molecular flexibility index (Phi) is 27.6. The molecule has 1 N–H and O–H groups in total. The summed E-state index contributed by atoms with van der Waals surface area (Å²) in [4.78, 5) is 9.79. The first kappa shape index (κ1) is 30.3. The van der Waals surface area contributed by atoms with E-state index >= 15 is 0 Å². The average molecular weight is 447 g/mol. The molecule has 182 valence electrons. The maximum atomic E-state index is 9.79. The van der Waals surface area contributed by atoms with Crippen molar-refractivity contribution in [3.8, 4) is 0 Å². The summed E-state index contributed by atoms with van der Waals surface area (Å²) < 4.78 is 10.8. The summed E-state index contributed by atoms with van der Waals surface area (Å²) in [6.07, 6.45) is 29.3. The van der Waals surface area contributed by atoms with Gasteiger partial charge < -0.3 is 13.9 Å². The van der Waals surface area contributed by atoms with E-state index < -0.39 is 8.60 Å². The molecule has 0 heterocycles. The molecule has 0 rings (SSSR count). The highest BCUT2D eigenvalue weighted by atomic mass is 31.2. The predicted molar refractivity (Wildman–Crippen MR) is 134 cm³/mol. The highest BCUT2D eigenvalue weighted by Crippen LogP contribution is 2.33. The van der Waals surface area contributed by atoms with Crippen LogP contribution in [0.3, 0.4) is 0 Å². The van der Waals surface area contributed by atoms with Crippen LogP contribution in [-0.4, -0.2) is 18.1 Å². The van der Waals surface area contributed by atoms with Crippen LogP contribution in [0.5, 0.6) is 0 Å². The molecular weight excluding hydrogens is 391 g/mol. The zero-order chi connectivity index (χ0) is 22.0. The maximum absolute atomic E-state index is 9.79. The highest BCUT2D eigenvalue weighted by molar-refractivity contribution is 7.40. The van der Waals surface area contributed by atoms with E-state index in [4.69, 9.17) is 9.05 Å². The van der Waals surface area contributed by atoms with Crippen molar-refractivity contribution >= 4 is 8.60 Å². The first-order chi connectivity index (χ1) is 14.8. The predicted octanol–water partition coefficient (Wildman–Crippen LogP) is 9.86. The molecule has 30 heavy (non-hydrogen) atoms. The quantitative estimate of drug-likeness (QED) is 0.106. The molecule has 0 aliphatic rings. The van der Waals surface area contributed by atoms with Gasteiger partial charge in [-0.3, -0.25) is 0 Å². The van der Waals surface area contributed by atoms with Crippen molar-refractivity contribution in [2.24, 2.45) is 0 Å². The van der Waals surface area contributed by atoms with Gasteiger partial charge in [0, 0.05) is 0 Å². The number of hydrogen-bond acceptors (Lipinski definition) is 3. The number of hydrogen-bond donors (Lipinski definition) is 1. The highest BCUT2D eigenvalue weighted by Gasteiger charge is 2.05. The minimum atomic E-state index is -1.66. The van der Waals surface area contributed by atoms with Crippen LogP contribution in [0, 0.1) is 0 Å². The molecule has 0 saturated carbocycles. The summed E-state index contributed by atoms with van der Waals surface area (Å²) in [5, 5.41) is 0. The van der Waals surface area contributed by atoms with Crippen LogP contribution >= 0.6 is 8.60 Å². The standard InChI is InChI=1S/C26H55O3P/c1-3-5-7-9-11-13-15-17-19-21-23-25-28-30(27)29-26-24-22-20-18-16-14-12-10-8-6-4-2/h27H,3-26H2,1-2H3. The van der Waals surface area contributed by atoms with E-state index in [1.54, 1.807) is 0 Å². The second kappa shape index (κ2) is 27.3. The SMILES string of the molecule is CCCCCCCCCCCCCOP(O)OCCCCCCCCCCCCC. The lowest BCUT2D eigenvalue weighted by molar-refractivity contribution is 0.193. The minimum absolute atomic E-state index is 0.636. The fourth-order valence-electron chi connectivity index (χ4n) is 3.86. The van der Waals surface area contributed by atoms with E-state index in [0.717, 1.165) is 12.8 Å².